The lowest BCUT2D eigenvalue weighted by molar-refractivity contribution is 0.0690. The largest absolute Gasteiger partial charge is 0.508 e. The van der Waals surface area contributed by atoms with Gasteiger partial charge in [-0.05, 0) is 86.7 Å². The third kappa shape index (κ3) is 2.48. The number of hydrogen-bond donors (Lipinski definition) is 1. The van der Waals surface area contributed by atoms with Crippen LogP contribution in [-0.2, 0) is 6.42 Å². The average Bonchev–Trinajstić information content (AvgIpc) is 2.95. The van der Waals surface area contributed by atoms with E-state index in [4.69, 9.17) is 0 Å². The molecule has 4 rings (SSSR count). The summed E-state index contributed by atoms with van der Waals surface area (Å²) in [6.07, 6.45) is 12.4. The minimum Gasteiger partial charge on any atom is -0.508 e. The fourth-order valence-electron chi connectivity index (χ4n) is 5.09. The number of phenolic OH excluding ortho intramolecular Hbond substituents is 1. The predicted molar refractivity (Wildman–Crippen MR) is 85.5 cm³/mol. The Bertz CT molecular complexity index is 508. The molecule has 1 saturated heterocycles. The van der Waals surface area contributed by atoms with Gasteiger partial charge in [0.2, 0.25) is 0 Å². The molecule has 0 amide bonds. The Labute approximate surface area is 128 Å². The van der Waals surface area contributed by atoms with Crippen molar-refractivity contribution < 1.29 is 5.11 Å². The zero-order valence-corrected chi connectivity index (χ0v) is 13.0. The first kappa shape index (κ1) is 13.6. The van der Waals surface area contributed by atoms with Crippen molar-refractivity contribution in [3.8, 4) is 5.75 Å². The van der Waals surface area contributed by atoms with Crippen molar-refractivity contribution in [3.05, 3.63) is 29.3 Å². The van der Waals surface area contributed by atoms with Gasteiger partial charge in [0.25, 0.3) is 0 Å². The highest BCUT2D eigenvalue weighted by Gasteiger charge is 2.39. The van der Waals surface area contributed by atoms with Crippen molar-refractivity contribution in [2.75, 3.05) is 13.1 Å². The van der Waals surface area contributed by atoms with Crippen LogP contribution >= 0.6 is 0 Å². The lowest BCUT2D eigenvalue weighted by Crippen LogP contribution is -2.41. The number of benzene rings is 1. The van der Waals surface area contributed by atoms with E-state index >= 15 is 0 Å². The van der Waals surface area contributed by atoms with E-state index in [2.05, 4.69) is 11.0 Å². The molecule has 1 aromatic rings. The monoisotopic (exact) mass is 285 g/mol. The van der Waals surface area contributed by atoms with Crippen LogP contribution in [0.4, 0.5) is 0 Å². The van der Waals surface area contributed by atoms with Crippen molar-refractivity contribution in [1.29, 1.82) is 0 Å². The molecule has 1 spiro atoms. The number of hydrogen-bond acceptors (Lipinski definition) is 2. The number of likely N-dealkylation sites (tertiary alicyclic amines) is 1. The maximum Gasteiger partial charge on any atom is 0.115 e. The van der Waals surface area contributed by atoms with Crippen LogP contribution in [0.3, 0.4) is 0 Å². The zero-order chi connectivity index (χ0) is 14.3. The molecule has 0 bridgehead atoms. The van der Waals surface area contributed by atoms with Gasteiger partial charge in [-0.3, -0.25) is 4.90 Å². The maximum atomic E-state index is 9.71. The summed E-state index contributed by atoms with van der Waals surface area (Å²) >= 11 is 0. The van der Waals surface area contributed by atoms with E-state index in [-0.39, 0.29) is 0 Å². The van der Waals surface area contributed by atoms with Gasteiger partial charge in [-0.1, -0.05) is 18.9 Å². The Morgan fingerprint density at radius 1 is 1.00 bits per heavy atom. The van der Waals surface area contributed by atoms with Crippen LogP contribution in [0.5, 0.6) is 5.75 Å². The topological polar surface area (TPSA) is 23.5 Å². The standard InChI is InChI=1S/C19H27NO/c21-16-6-7-17-15(14-16)4-3-5-18(17)20-12-10-19(11-13-20)8-1-2-9-19/h6-7,14,18,21H,1-5,8-13H2. The molecule has 3 aliphatic rings. The van der Waals surface area contributed by atoms with Gasteiger partial charge in [-0.2, -0.15) is 0 Å². The van der Waals surface area contributed by atoms with Crippen LogP contribution in [0.15, 0.2) is 18.2 Å². The molecular formula is C19H27NO. The van der Waals surface area contributed by atoms with Crippen LogP contribution in [0, 0.1) is 5.41 Å². The number of rotatable bonds is 1. The summed E-state index contributed by atoms with van der Waals surface area (Å²) < 4.78 is 0. The van der Waals surface area contributed by atoms with Gasteiger partial charge in [0, 0.05) is 6.04 Å². The van der Waals surface area contributed by atoms with E-state index in [1.54, 1.807) is 0 Å². The minimum absolute atomic E-state index is 0.429. The number of phenols is 1. The Balaban J connectivity index is 1.51. The summed E-state index contributed by atoms with van der Waals surface area (Å²) in [6, 6.07) is 6.64. The third-order valence-electron chi connectivity index (χ3n) is 6.37. The molecule has 0 radical (unpaired) electrons. The van der Waals surface area contributed by atoms with Crippen molar-refractivity contribution >= 4 is 0 Å². The van der Waals surface area contributed by atoms with E-state index in [1.807, 2.05) is 12.1 Å². The van der Waals surface area contributed by atoms with E-state index < -0.39 is 0 Å². The highest BCUT2D eigenvalue weighted by atomic mass is 16.3. The third-order valence-corrected chi connectivity index (χ3v) is 6.37. The van der Waals surface area contributed by atoms with Crippen LogP contribution in [0.25, 0.3) is 0 Å². The van der Waals surface area contributed by atoms with Crippen LogP contribution in [0.2, 0.25) is 0 Å². The van der Waals surface area contributed by atoms with E-state index in [1.165, 1.54) is 75.6 Å². The van der Waals surface area contributed by atoms with Gasteiger partial charge < -0.3 is 5.11 Å². The Morgan fingerprint density at radius 3 is 2.52 bits per heavy atom. The second-order valence-corrected chi connectivity index (χ2v) is 7.53. The van der Waals surface area contributed by atoms with Crippen LogP contribution in [0.1, 0.15) is 68.5 Å². The zero-order valence-electron chi connectivity index (χ0n) is 13.0. The Hall–Kier alpha value is -1.02. The molecule has 1 atom stereocenters. The molecule has 1 aliphatic heterocycles. The number of fused-ring (bicyclic) bond motifs is 1. The summed E-state index contributed by atoms with van der Waals surface area (Å²) in [5.74, 6) is 0.429. The second kappa shape index (κ2) is 5.31. The average molecular weight is 285 g/mol. The predicted octanol–water partition coefficient (Wildman–Crippen LogP) is 4.43. The van der Waals surface area contributed by atoms with Crippen molar-refractivity contribution in [1.82, 2.24) is 4.90 Å². The molecule has 2 heteroatoms. The first-order chi connectivity index (χ1) is 10.3. The molecule has 1 unspecified atom stereocenters. The molecule has 0 aromatic heterocycles. The number of piperidine rings is 1. The number of nitrogens with zero attached hydrogens (tertiary/aromatic N) is 1. The maximum absolute atomic E-state index is 9.71. The summed E-state index contributed by atoms with van der Waals surface area (Å²) in [4.78, 5) is 2.73. The molecule has 114 valence electrons. The minimum atomic E-state index is 0.429. The molecule has 2 fully saturated rings. The molecule has 21 heavy (non-hydrogen) atoms. The number of aromatic hydroxyl groups is 1. The SMILES string of the molecule is Oc1ccc2c(c1)CCCC2N1CCC2(CCCC2)CC1. The van der Waals surface area contributed by atoms with Gasteiger partial charge in [0.1, 0.15) is 5.75 Å². The quantitative estimate of drug-likeness (QED) is 0.825. The van der Waals surface area contributed by atoms with E-state index in [0.717, 1.165) is 6.42 Å². The molecule has 2 aliphatic carbocycles. The van der Waals surface area contributed by atoms with Crippen LogP contribution < -0.4 is 0 Å². The van der Waals surface area contributed by atoms with E-state index in [9.17, 15) is 5.11 Å². The Kier molecular flexibility index (Phi) is 3.45. The molecule has 1 N–H and O–H groups in total. The molecule has 1 saturated carbocycles. The van der Waals surface area contributed by atoms with Gasteiger partial charge in [0.15, 0.2) is 0 Å². The van der Waals surface area contributed by atoms with Gasteiger partial charge in [-0.15, -0.1) is 0 Å². The summed E-state index contributed by atoms with van der Waals surface area (Å²) in [7, 11) is 0. The van der Waals surface area contributed by atoms with Crippen molar-refractivity contribution in [2.45, 2.75) is 63.8 Å². The first-order valence-corrected chi connectivity index (χ1v) is 8.82. The molecule has 1 heterocycles. The molecule has 1 aromatic carbocycles. The normalized spacial score (nSPS) is 28.7. The van der Waals surface area contributed by atoms with E-state index in [0.29, 0.717) is 17.2 Å². The summed E-state index contributed by atoms with van der Waals surface area (Å²) in [6.45, 7) is 2.57. The van der Waals surface area contributed by atoms with Gasteiger partial charge in [0.05, 0.1) is 0 Å². The fourth-order valence-corrected chi connectivity index (χ4v) is 5.09. The molecular weight excluding hydrogens is 258 g/mol. The summed E-state index contributed by atoms with van der Waals surface area (Å²) in [5.41, 5.74) is 3.58. The van der Waals surface area contributed by atoms with Gasteiger partial charge in [-0.25, -0.2) is 0 Å². The second-order valence-electron chi connectivity index (χ2n) is 7.53. The first-order valence-electron chi connectivity index (χ1n) is 8.82. The summed E-state index contributed by atoms with van der Waals surface area (Å²) in [5, 5.41) is 9.71. The lowest BCUT2D eigenvalue weighted by atomic mass is 9.76. The highest BCUT2D eigenvalue weighted by molar-refractivity contribution is 5.38. The fraction of sp³-hybridized carbons (Fsp3) is 0.684. The highest BCUT2D eigenvalue weighted by Crippen LogP contribution is 2.48. The molecule has 2 nitrogen and oxygen atoms in total. The van der Waals surface area contributed by atoms with Crippen molar-refractivity contribution in [2.24, 2.45) is 5.41 Å². The smallest absolute Gasteiger partial charge is 0.115 e. The van der Waals surface area contributed by atoms with Crippen molar-refractivity contribution in [3.63, 3.8) is 0 Å². The van der Waals surface area contributed by atoms with Gasteiger partial charge >= 0.3 is 0 Å². The Morgan fingerprint density at radius 2 is 1.76 bits per heavy atom. The number of aryl methyl sites for hydroxylation is 1. The van der Waals surface area contributed by atoms with Crippen LogP contribution in [-0.4, -0.2) is 23.1 Å². The lowest BCUT2D eigenvalue weighted by Gasteiger charge is -2.44.